The molecule has 45 heavy (non-hydrogen) atoms. The fourth-order valence-electron chi connectivity index (χ4n) is 5.13. The van der Waals surface area contributed by atoms with Gasteiger partial charge in [-0.25, -0.2) is 4.79 Å². The summed E-state index contributed by atoms with van der Waals surface area (Å²) in [5.41, 5.74) is -0.772. The number of aliphatic carboxylic acids is 2. The van der Waals surface area contributed by atoms with Crippen LogP contribution in [0.4, 0.5) is 0 Å². The summed E-state index contributed by atoms with van der Waals surface area (Å²) in [7, 11) is 0. The fourth-order valence-corrected chi connectivity index (χ4v) is 5.13. The summed E-state index contributed by atoms with van der Waals surface area (Å²) in [6.45, 7) is 13.7. The quantitative estimate of drug-likeness (QED) is 0.128. The molecule has 0 saturated carbocycles. The highest BCUT2D eigenvalue weighted by Crippen LogP contribution is 2.21. The predicted octanol–water partition coefficient (Wildman–Crippen LogP) is 1.42. The Kier molecular flexibility index (Phi) is 16.0. The first-order valence-electron chi connectivity index (χ1n) is 15.8. The van der Waals surface area contributed by atoms with Crippen molar-refractivity contribution in [3.63, 3.8) is 0 Å². The van der Waals surface area contributed by atoms with Crippen molar-refractivity contribution in [2.75, 3.05) is 13.1 Å². The molecule has 1 aliphatic heterocycles. The lowest BCUT2D eigenvalue weighted by Crippen LogP contribution is -2.60. The van der Waals surface area contributed by atoms with Gasteiger partial charge in [-0.05, 0) is 49.9 Å². The van der Waals surface area contributed by atoms with Gasteiger partial charge in [-0.15, -0.1) is 0 Å². The van der Waals surface area contributed by atoms with Crippen LogP contribution in [0.3, 0.4) is 0 Å². The molecule has 0 radical (unpaired) electrons. The molecule has 0 aromatic heterocycles. The first-order chi connectivity index (χ1) is 20.9. The molecule has 5 amide bonds. The molecular formula is C31H53N5O9. The van der Waals surface area contributed by atoms with E-state index in [0.717, 1.165) is 12.8 Å². The summed E-state index contributed by atoms with van der Waals surface area (Å²) in [5.74, 6) is -6.30. The molecular weight excluding hydrogens is 586 g/mol. The number of hydrogen-bond acceptors (Lipinski definition) is 7. The average molecular weight is 640 g/mol. The van der Waals surface area contributed by atoms with Crippen molar-refractivity contribution >= 4 is 41.5 Å². The van der Waals surface area contributed by atoms with Gasteiger partial charge in [-0.1, -0.05) is 48.5 Å². The average Bonchev–Trinajstić information content (AvgIpc) is 3.47. The molecule has 0 aromatic carbocycles. The van der Waals surface area contributed by atoms with E-state index in [2.05, 4.69) is 21.3 Å². The Hall–Kier alpha value is -3.71. The molecule has 1 fully saturated rings. The van der Waals surface area contributed by atoms with E-state index < -0.39 is 65.7 Å². The van der Waals surface area contributed by atoms with E-state index in [1.165, 1.54) is 0 Å². The van der Waals surface area contributed by atoms with E-state index in [4.69, 9.17) is 0 Å². The number of carboxylic acids is 2. The fraction of sp³-hybridized carbons (Fsp3) is 0.774. The zero-order valence-electron chi connectivity index (χ0n) is 27.7. The molecule has 14 heteroatoms. The van der Waals surface area contributed by atoms with E-state index >= 15 is 0 Å². The van der Waals surface area contributed by atoms with Crippen LogP contribution in [0, 0.1) is 17.3 Å². The Morgan fingerprint density at radius 1 is 0.733 bits per heavy atom. The molecule has 0 spiro atoms. The normalized spacial score (nSPS) is 16.0. The van der Waals surface area contributed by atoms with Gasteiger partial charge in [0.15, 0.2) is 0 Å². The Bertz CT molecular complexity index is 1060. The standard InChI is InChI=1S/C31H53N5O9/c1-8-19(9-2)26(40)35-25(31(5,6)7)29(43)32-20(12-13-23(37)36-14-10-11-15-36)27(41)33-21(17-24(38)39)28(42)34-22(30(44)45)16-18(3)4/h18-22,25H,8-17H2,1-7H3,(H,32,43)(H,33,41)(H,34,42)(H,35,40)(H,38,39)(H,44,45). The molecule has 4 unspecified atom stereocenters. The number of carbonyl (C=O) groups excluding carboxylic acids is 5. The molecule has 256 valence electrons. The predicted molar refractivity (Wildman–Crippen MR) is 166 cm³/mol. The highest BCUT2D eigenvalue weighted by atomic mass is 16.4. The van der Waals surface area contributed by atoms with Crippen LogP contribution in [0.2, 0.25) is 0 Å². The molecule has 6 N–H and O–H groups in total. The summed E-state index contributed by atoms with van der Waals surface area (Å²) < 4.78 is 0. The maximum absolute atomic E-state index is 13.6. The van der Waals surface area contributed by atoms with Crippen LogP contribution in [0.5, 0.6) is 0 Å². The lowest BCUT2D eigenvalue weighted by molar-refractivity contribution is -0.144. The number of carboxylic acid groups (broad SMARTS) is 2. The highest BCUT2D eigenvalue weighted by Gasteiger charge is 2.37. The minimum atomic E-state index is -1.66. The van der Waals surface area contributed by atoms with E-state index in [-0.39, 0.29) is 42.9 Å². The highest BCUT2D eigenvalue weighted by molar-refractivity contribution is 5.96. The maximum Gasteiger partial charge on any atom is 0.326 e. The number of rotatable bonds is 18. The summed E-state index contributed by atoms with van der Waals surface area (Å²) in [6.07, 6.45) is 1.81. The van der Waals surface area contributed by atoms with Gasteiger partial charge in [0.2, 0.25) is 29.5 Å². The molecule has 0 aliphatic carbocycles. The minimum Gasteiger partial charge on any atom is -0.481 e. The summed E-state index contributed by atoms with van der Waals surface area (Å²) in [4.78, 5) is 90.9. The summed E-state index contributed by atoms with van der Waals surface area (Å²) in [5, 5.41) is 29.0. The van der Waals surface area contributed by atoms with Gasteiger partial charge in [0.1, 0.15) is 24.2 Å². The van der Waals surface area contributed by atoms with Gasteiger partial charge in [-0.2, -0.15) is 0 Å². The van der Waals surface area contributed by atoms with Crippen molar-refractivity contribution in [1.82, 2.24) is 26.2 Å². The summed E-state index contributed by atoms with van der Waals surface area (Å²) >= 11 is 0. The monoisotopic (exact) mass is 639 g/mol. The second-order valence-electron chi connectivity index (χ2n) is 13.2. The lowest BCUT2D eigenvalue weighted by atomic mass is 9.85. The smallest absolute Gasteiger partial charge is 0.326 e. The molecule has 1 saturated heterocycles. The third-order valence-electron chi connectivity index (χ3n) is 7.84. The van der Waals surface area contributed by atoms with Crippen LogP contribution in [0.25, 0.3) is 0 Å². The SMILES string of the molecule is CCC(CC)C(=O)NC(C(=O)NC(CCC(=O)N1CCCC1)C(=O)NC(CC(=O)O)C(=O)NC(CC(C)C)C(=O)O)C(C)(C)C. The van der Waals surface area contributed by atoms with Crippen molar-refractivity contribution < 1.29 is 43.8 Å². The van der Waals surface area contributed by atoms with Gasteiger partial charge in [0.25, 0.3) is 0 Å². The van der Waals surface area contributed by atoms with Crippen LogP contribution in [-0.4, -0.2) is 93.8 Å². The van der Waals surface area contributed by atoms with Crippen molar-refractivity contribution in [3.8, 4) is 0 Å². The Balaban J connectivity index is 3.29. The van der Waals surface area contributed by atoms with Crippen molar-refractivity contribution in [3.05, 3.63) is 0 Å². The number of hydrogen-bond donors (Lipinski definition) is 6. The Morgan fingerprint density at radius 2 is 1.24 bits per heavy atom. The van der Waals surface area contributed by atoms with Crippen LogP contribution >= 0.6 is 0 Å². The third kappa shape index (κ3) is 13.4. The topological polar surface area (TPSA) is 211 Å². The lowest BCUT2D eigenvalue weighted by Gasteiger charge is -2.33. The van der Waals surface area contributed by atoms with Crippen LogP contribution < -0.4 is 21.3 Å². The first-order valence-corrected chi connectivity index (χ1v) is 15.8. The first kappa shape index (κ1) is 39.3. The van der Waals surface area contributed by atoms with Crippen LogP contribution in [0.1, 0.15) is 99.8 Å². The number of amides is 5. The van der Waals surface area contributed by atoms with Crippen molar-refractivity contribution in [2.24, 2.45) is 17.3 Å². The second kappa shape index (κ2) is 18.3. The van der Waals surface area contributed by atoms with Crippen LogP contribution in [-0.2, 0) is 33.6 Å². The number of nitrogens with zero attached hydrogens (tertiary/aromatic N) is 1. The Morgan fingerprint density at radius 3 is 1.71 bits per heavy atom. The van der Waals surface area contributed by atoms with E-state index in [0.29, 0.717) is 25.9 Å². The van der Waals surface area contributed by atoms with E-state index in [1.807, 2.05) is 13.8 Å². The summed E-state index contributed by atoms with van der Waals surface area (Å²) in [6, 6.07) is -5.40. The number of nitrogens with one attached hydrogen (secondary N) is 4. The Labute approximate surface area is 265 Å². The third-order valence-corrected chi connectivity index (χ3v) is 7.84. The van der Waals surface area contributed by atoms with Gasteiger partial charge in [0.05, 0.1) is 6.42 Å². The minimum absolute atomic E-state index is 0.0724. The molecule has 0 aromatic rings. The zero-order chi connectivity index (χ0) is 34.5. The van der Waals surface area contributed by atoms with Crippen LogP contribution in [0.15, 0.2) is 0 Å². The molecule has 1 heterocycles. The molecule has 14 nitrogen and oxygen atoms in total. The van der Waals surface area contributed by atoms with Crippen molar-refractivity contribution in [1.29, 1.82) is 0 Å². The number of carbonyl (C=O) groups is 7. The van der Waals surface area contributed by atoms with E-state index in [1.54, 1.807) is 39.5 Å². The zero-order valence-corrected chi connectivity index (χ0v) is 27.7. The molecule has 1 aliphatic rings. The molecule has 1 rings (SSSR count). The van der Waals surface area contributed by atoms with Gasteiger partial charge >= 0.3 is 11.9 Å². The largest absolute Gasteiger partial charge is 0.481 e. The second-order valence-corrected chi connectivity index (χ2v) is 13.2. The maximum atomic E-state index is 13.6. The van der Waals surface area contributed by atoms with Gasteiger partial charge in [0, 0.05) is 25.4 Å². The van der Waals surface area contributed by atoms with Gasteiger partial charge in [-0.3, -0.25) is 28.8 Å². The van der Waals surface area contributed by atoms with Crippen molar-refractivity contribution in [2.45, 2.75) is 124 Å². The molecule has 0 bridgehead atoms. The van der Waals surface area contributed by atoms with Gasteiger partial charge < -0.3 is 36.4 Å². The molecule has 4 atom stereocenters. The number of likely N-dealkylation sites (tertiary alicyclic amines) is 1. The van der Waals surface area contributed by atoms with E-state index in [9.17, 15) is 43.8 Å².